The molecule has 5 nitrogen and oxygen atoms in total. The minimum atomic E-state index is 0. The molecule has 3 heterocycles. The Morgan fingerprint density at radius 1 is 1.13 bits per heavy atom. The fraction of sp³-hybridized carbons (Fsp3) is 0.696. The summed E-state index contributed by atoms with van der Waals surface area (Å²) in [6, 6.07) is 9.73. The minimum Gasteiger partial charge on any atom is -0.496 e. The molecule has 3 unspecified atom stereocenters. The number of carbonyl (C=O) groups is 1. The molecule has 3 aliphatic rings. The van der Waals surface area contributed by atoms with Gasteiger partial charge in [-0.3, -0.25) is 9.69 Å². The van der Waals surface area contributed by atoms with Gasteiger partial charge in [0.2, 0.25) is 5.91 Å². The molecule has 30 heavy (non-hydrogen) atoms. The number of methoxy groups -OCH3 is 1. The summed E-state index contributed by atoms with van der Waals surface area (Å²) in [6.07, 6.45) is 9.33. The highest BCUT2D eigenvalue weighted by Crippen LogP contribution is 2.33. The van der Waals surface area contributed by atoms with E-state index in [0.29, 0.717) is 31.0 Å². The molecule has 2 N–H and O–H groups in total. The molecular weight excluding hydrogens is 421 g/mol. The van der Waals surface area contributed by atoms with Gasteiger partial charge in [-0.25, -0.2) is 0 Å². The number of nitrogens with one attached hydrogen (secondary N) is 2. The number of carbonyl (C=O) groups excluding carboxylic acids is 1. The third kappa shape index (κ3) is 6.25. The summed E-state index contributed by atoms with van der Waals surface area (Å²) in [4.78, 5) is 15.3. The van der Waals surface area contributed by atoms with Gasteiger partial charge in [-0.15, -0.1) is 24.8 Å². The zero-order chi connectivity index (χ0) is 19.3. The van der Waals surface area contributed by atoms with Crippen LogP contribution in [0.5, 0.6) is 5.75 Å². The molecule has 1 aromatic rings. The molecular formula is C23H37Cl2N3O2. The van der Waals surface area contributed by atoms with E-state index in [4.69, 9.17) is 4.74 Å². The van der Waals surface area contributed by atoms with Crippen molar-refractivity contribution in [3.8, 4) is 5.75 Å². The molecule has 1 amide bonds. The molecule has 7 heteroatoms. The van der Waals surface area contributed by atoms with E-state index in [1.165, 1.54) is 37.7 Å². The molecule has 0 saturated carbocycles. The van der Waals surface area contributed by atoms with E-state index in [1.54, 1.807) is 7.11 Å². The van der Waals surface area contributed by atoms with E-state index < -0.39 is 0 Å². The van der Waals surface area contributed by atoms with Gasteiger partial charge in [-0.2, -0.15) is 0 Å². The first-order chi connectivity index (χ1) is 13.7. The van der Waals surface area contributed by atoms with Crippen molar-refractivity contribution in [2.45, 2.75) is 69.5 Å². The number of hydrogen-bond donors (Lipinski definition) is 2. The van der Waals surface area contributed by atoms with Crippen LogP contribution in [0, 0.1) is 5.92 Å². The van der Waals surface area contributed by atoms with Crippen molar-refractivity contribution < 1.29 is 9.53 Å². The lowest BCUT2D eigenvalue weighted by Crippen LogP contribution is -2.42. The van der Waals surface area contributed by atoms with Gasteiger partial charge in [-0.1, -0.05) is 24.6 Å². The van der Waals surface area contributed by atoms with Gasteiger partial charge < -0.3 is 15.4 Å². The first-order valence-electron chi connectivity index (χ1n) is 11.1. The second kappa shape index (κ2) is 12.1. The van der Waals surface area contributed by atoms with Gasteiger partial charge in [0.1, 0.15) is 5.75 Å². The minimum absolute atomic E-state index is 0. The van der Waals surface area contributed by atoms with E-state index in [0.717, 1.165) is 31.7 Å². The lowest BCUT2D eigenvalue weighted by molar-refractivity contribution is -0.122. The van der Waals surface area contributed by atoms with Crippen molar-refractivity contribution in [3.05, 3.63) is 29.8 Å². The summed E-state index contributed by atoms with van der Waals surface area (Å²) < 4.78 is 5.63. The summed E-state index contributed by atoms with van der Waals surface area (Å²) in [6.45, 7) is 2.85. The van der Waals surface area contributed by atoms with Crippen LogP contribution in [-0.4, -0.2) is 49.6 Å². The molecule has 3 aliphatic heterocycles. The van der Waals surface area contributed by atoms with Crippen molar-refractivity contribution in [1.29, 1.82) is 0 Å². The molecule has 3 atom stereocenters. The molecule has 0 aliphatic carbocycles. The number of nitrogens with zero attached hydrogens (tertiary/aromatic N) is 1. The smallest absolute Gasteiger partial charge is 0.220 e. The Kier molecular flexibility index (Phi) is 10.2. The number of piperidine rings is 2. The van der Waals surface area contributed by atoms with Crippen LogP contribution in [-0.2, 0) is 4.79 Å². The van der Waals surface area contributed by atoms with Gasteiger partial charge in [0.05, 0.1) is 13.2 Å². The number of para-hydroxylation sites is 1. The molecule has 170 valence electrons. The maximum absolute atomic E-state index is 12.7. The first kappa shape index (κ1) is 25.3. The van der Waals surface area contributed by atoms with E-state index in [2.05, 4.69) is 27.7 Å². The molecule has 1 aromatic carbocycles. The highest BCUT2D eigenvalue weighted by Gasteiger charge is 2.34. The fourth-order valence-corrected chi connectivity index (χ4v) is 5.49. The Morgan fingerprint density at radius 3 is 2.47 bits per heavy atom. The third-order valence-corrected chi connectivity index (χ3v) is 6.87. The van der Waals surface area contributed by atoms with Gasteiger partial charge >= 0.3 is 0 Å². The Bertz CT molecular complexity index is 658. The van der Waals surface area contributed by atoms with Crippen LogP contribution >= 0.6 is 24.8 Å². The average Bonchev–Trinajstić information content (AvgIpc) is 3.07. The highest BCUT2D eigenvalue weighted by atomic mass is 35.5. The average molecular weight is 458 g/mol. The van der Waals surface area contributed by atoms with Gasteiger partial charge in [0, 0.05) is 30.6 Å². The topological polar surface area (TPSA) is 53.6 Å². The van der Waals surface area contributed by atoms with Crippen molar-refractivity contribution >= 4 is 30.7 Å². The van der Waals surface area contributed by atoms with Crippen LogP contribution < -0.4 is 15.4 Å². The maximum Gasteiger partial charge on any atom is 0.220 e. The van der Waals surface area contributed by atoms with Crippen LogP contribution in [0.1, 0.15) is 63.0 Å². The fourth-order valence-electron chi connectivity index (χ4n) is 5.49. The quantitative estimate of drug-likeness (QED) is 0.646. The second-order valence-electron chi connectivity index (χ2n) is 8.84. The normalized spacial score (nSPS) is 26.8. The summed E-state index contributed by atoms with van der Waals surface area (Å²) in [7, 11) is 1.73. The number of halogens is 2. The third-order valence-electron chi connectivity index (χ3n) is 6.87. The van der Waals surface area contributed by atoms with Gasteiger partial charge in [-0.05, 0) is 63.6 Å². The number of hydrogen-bond acceptors (Lipinski definition) is 4. The summed E-state index contributed by atoms with van der Waals surface area (Å²) in [5.41, 5.74) is 1.19. The Morgan fingerprint density at radius 2 is 1.80 bits per heavy atom. The number of rotatable bonds is 7. The predicted molar refractivity (Wildman–Crippen MR) is 126 cm³/mol. The molecule has 2 bridgehead atoms. The van der Waals surface area contributed by atoms with E-state index in [-0.39, 0.29) is 36.8 Å². The Balaban J connectivity index is 0.00000160. The van der Waals surface area contributed by atoms with E-state index in [9.17, 15) is 4.79 Å². The first-order valence-corrected chi connectivity index (χ1v) is 11.1. The van der Waals surface area contributed by atoms with Crippen LogP contribution in [0.25, 0.3) is 0 Å². The largest absolute Gasteiger partial charge is 0.496 e. The molecule has 3 saturated heterocycles. The molecule has 0 aromatic heterocycles. The standard InChI is InChI=1S/C23H35N3O2.2ClH/c1-28-22-8-4-3-7-20(22)21(26-11-5-2-6-12-26)16-24-23(27)15-17-13-18-9-10-19(14-17)25-18;;/h3-4,7-8,17-19,21,25H,2,5-6,9-16H2,1H3,(H,24,27);2*1H. The van der Waals surface area contributed by atoms with Crippen LogP contribution in [0.3, 0.4) is 0 Å². The number of fused-ring (bicyclic) bond motifs is 2. The van der Waals surface area contributed by atoms with E-state index >= 15 is 0 Å². The molecule has 0 spiro atoms. The lowest BCUT2D eigenvalue weighted by atomic mass is 9.89. The van der Waals surface area contributed by atoms with Crippen LogP contribution in [0.15, 0.2) is 24.3 Å². The van der Waals surface area contributed by atoms with E-state index in [1.807, 2.05) is 12.1 Å². The lowest BCUT2D eigenvalue weighted by Gasteiger charge is -2.35. The number of ether oxygens (including phenoxy) is 1. The summed E-state index contributed by atoms with van der Waals surface area (Å²) in [5, 5.41) is 6.94. The monoisotopic (exact) mass is 457 g/mol. The summed E-state index contributed by atoms with van der Waals surface area (Å²) in [5.74, 6) is 1.67. The van der Waals surface area contributed by atoms with Crippen LogP contribution in [0.4, 0.5) is 0 Å². The van der Waals surface area contributed by atoms with Crippen molar-refractivity contribution in [2.75, 3.05) is 26.7 Å². The van der Waals surface area contributed by atoms with Gasteiger partial charge in [0.25, 0.3) is 0 Å². The molecule has 4 rings (SSSR count). The molecule has 3 fully saturated rings. The van der Waals surface area contributed by atoms with Crippen LogP contribution in [0.2, 0.25) is 0 Å². The van der Waals surface area contributed by atoms with Crippen molar-refractivity contribution in [3.63, 3.8) is 0 Å². The maximum atomic E-state index is 12.7. The predicted octanol–water partition coefficient (Wildman–Crippen LogP) is 4.10. The van der Waals surface area contributed by atoms with Gasteiger partial charge in [0.15, 0.2) is 0 Å². The van der Waals surface area contributed by atoms with Crippen molar-refractivity contribution in [2.24, 2.45) is 5.92 Å². The number of amides is 1. The highest BCUT2D eigenvalue weighted by molar-refractivity contribution is 5.85. The number of likely N-dealkylation sites (tertiary alicyclic amines) is 1. The SMILES string of the molecule is COc1ccccc1C(CNC(=O)CC1CC2CCC(C1)N2)N1CCCCC1.Cl.Cl. The Labute approximate surface area is 193 Å². The second-order valence-corrected chi connectivity index (χ2v) is 8.84. The Hall–Kier alpha value is -1.01. The number of benzene rings is 1. The van der Waals surface area contributed by atoms with Crippen molar-refractivity contribution in [1.82, 2.24) is 15.5 Å². The summed E-state index contributed by atoms with van der Waals surface area (Å²) >= 11 is 0. The molecule has 0 radical (unpaired) electrons. The zero-order valence-corrected chi connectivity index (χ0v) is 19.6. The zero-order valence-electron chi connectivity index (χ0n) is 18.0.